The van der Waals surface area contributed by atoms with Gasteiger partial charge in [-0.2, -0.15) is 5.10 Å². The maximum absolute atomic E-state index is 13.4. The summed E-state index contributed by atoms with van der Waals surface area (Å²) in [6.45, 7) is 11.1. The summed E-state index contributed by atoms with van der Waals surface area (Å²) in [5, 5.41) is 36.1. The van der Waals surface area contributed by atoms with E-state index in [-0.39, 0.29) is 34.9 Å². The van der Waals surface area contributed by atoms with Crippen molar-refractivity contribution in [2.75, 3.05) is 19.4 Å². The molecule has 1 unspecified atom stereocenters. The number of aryl methyl sites for hydroxylation is 1. The maximum Gasteiger partial charge on any atom is 0.309 e. The first-order valence-electron chi connectivity index (χ1n) is 14.7. The minimum Gasteiger partial charge on any atom is -0.458 e. The smallest absolute Gasteiger partial charge is 0.309 e. The van der Waals surface area contributed by atoms with E-state index < -0.39 is 51.9 Å². The number of rotatable bonds is 5. The van der Waals surface area contributed by atoms with Gasteiger partial charge < -0.3 is 20.1 Å². The number of ether oxygens (including phenoxy) is 1. The molecule has 0 aliphatic carbocycles. The van der Waals surface area contributed by atoms with Crippen LogP contribution in [0.3, 0.4) is 0 Å². The van der Waals surface area contributed by atoms with Crippen LogP contribution in [0.25, 0.3) is 6.08 Å². The average molecular weight is 612 g/mol. The lowest BCUT2D eigenvalue weighted by molar-refractivity contribution is -0.154. The van der Waals surface area contributed by atoms with Gasteiger partial charge in [-0.1, -0.05) is 34.1 Å². The van der Waals surface area contributed by atoms with Crippen LogP contribution in [0.5, 0.6) is 0 Å². The van der Waals surface area contributed by atoms with Gasteiger partial charge >= 0.3 is 5.97 Å². The predicted molar refractivity (Wildman–Crippen MR) is 158 cm³/mol. The molecule has 3 rings (SSSR count). The number of aromatic nitrogens is 2. The molecule has 3 N–H and O–H groups in total. The monoisotopic (exact) mass is 611 g/mol. The number of ketones is 1. The lowest BCUT2D eigenvalue weighted by atomic mass is 9.73. The van der Waals surface area contributed by atoms with Gasteiger partial charge in [0, 0.05) is 49.8 Å². The molecular weight excluding hydrogens is 562 g/mol. The molecule has 8 atom stereocenters. The number of carbonyl (C=O) groups is 2. The second-order valence-electron chi connectivity index (χ2n) is 13.2. The molecule has 12 heteroatoms. The molecule has 2 fully saturated rings. The van der Waals surface area contributed by atoms with Crippen LogP contribution in [0.1, 0.15) is 79.3 Å². The molecule has 2 aliphatic rings. The van der Waals surface area contributed by atoms with Gasteiger partial charge in [0.2, 0.25) is 0 Å². The highest BCUT2D eigenvalue weighted by atomic mass is 32.2. The number of carbonyl (C=O) groups excluding carboxylic acids is 2. The van der Waals surface area contributed by atoms with Crippen LogP contribution in [0.2, 0.25) is 0 Å². The number of aliphatic hydroxyl groups excluding tert-OH is 3. The van der Waals surface area contributed by atoms with Crippen molar-refractivity contribution in [3.05, 3.63) is 17.3 Å². The molecule has 3 heterocycles. The van der Waals surface area contributed by atoms with E-state index in [9.17, 15) is 33.3 Å². The molecule has 0 amide bonds. The van der Waals surface area contributed by atoms with E-state index in [0.29, 0.717) is 30.7 Å². The molecule has 238 valence electrons. The SMILES string of the molecule is C/C(=C\c1cc(S(C)(=O)=O)n(C)n1)[C@@H]1C[C@@H]2N(CCO)[C@]2(C)CCC[C@H](C)[C@H](O)[C@@H](C)C(=O)C(C)(C)[C@@H](O)CC(=O)O1. The van der Waals surface area contributed by atoms with E-state index in [4.69, 9.17) is 4.74 Å². The lowest BCUT2D eigenvalue weighted by Gasteiger charge is -2.34. The number of hydrogen-bond donors (Lipinski definition) is 3. The topological polar surface area (TPSA) is 159 Å². The van der Waals surface area contributed by atoms with Crippen molar-refractivity contribution < 1.29 is 38.1 Å². The van der Waals surface area contributed by atoms with Crippen molar-refractivity contribution in [3.63, 3.8) is 0 Å². The molecule has 0 bridgehead atoms. The molecule has 1 aromatic rings. The number of esters is 1. The van der Waals surface area contributed by atoms with Crippen molar-refractivity contribution in [1.29, 1.82) is 0 Å². The zero-order valence-corrected chi connectivity index (χ0v) is 27.0. The van der Waals surface area contributed by atoms with Crippen LogP contribution in [0, 0.1) is 17.3 Å². The standard InChI is InChI=1S/C30H49N3O8S/c1-18-10-9-11-30(6)23(33(30)12-13-34)16-22(19(2)14-21-15-25(32(7)31-21)42(8,39)40)41-26(36)17-24(35)29(4,5)28(38)20(3)27(18)37/h14-15,18,20,22-24,27,34-35,37H,9-13,16-17H2,1-8H3/b19-14+/t18-,20+,22-,23-,24-,27-,30+,33?/m0/s1. The number of fused-ring (bicyclic) bond motifs is 1. The van der Waals surface area contributed by atoms with Crippen LogP contribution < -0.4 is 0 Å². The number of β-amino-alcohol motifs (C(OH)–C–C–N with tert-alkyl or cyclic N) is 1. The second-order valence-corrected chi connectivity index (χ2v) is 15.1. The van der Waals surface area contributed by atoms with Crippen LogP contribution in [-0.4, -0.2) is 99.5 Å². The Morgan fingerprint density at radius 2 is 1.86 bits per heavy atom. The molecular formula is C30H49N3O8S. The summed E-state index contributed by atoms with van der Waals surface area (Å²) in [4.78, 5) is 28.8. The van der Waals surface area contributed by atoms with E-state index in [1.807, 2.05) is 6.92 Å². The summed E-state index contributed by atoms with van der Waals surface area (Å²) in [5.74, 6) is -1.86. The third-order valence-corrected chi connectivity index (χ3v) is 10.7. The Morgan fingerprint density at radius 3 is 2.43 bits per heavy atom. The first kappa shape index (κ1) is 34.4. The van der Waals surface area contributed by atoms with Gasteiger partial charge in [0.1, 0.15) is 11.9 Å². The van der Waals surface area contributed by atoms with Crippen LogP contribution in [-0.2, 0) is 31.2 Å². The molecule has 42 heavy (non-hydrogen) atoms. The molecule has 0 saturated carbocycles. The van der Waals surface area contributed by atoms with Crippen molar-refractivity contribution in [3.8, 4) is 0 Å². The number of hydrogen-bond acceptors (Lipinski definition) is 10. The number of Topliss-reactive ketones (excluding diaryl/α,β-unsaturated/α-hetero) is 1. The number of nitrogens with zero attached hydrogens (tertiary/aromatic N) is 3. The fourth-order valence-electron chi connectivity index (χ4n) is 6.51. The van der Waals surface area contributed by atoms with Gasteiger partial charge in [0.25, 0.3) is 0 Å². The number of cyclic esters (lactones) is 1. The zero-order valence-electron chi connectivity index (χ0n) is 26.2. The average Bonchev–Trinajstić information content (AvgIpc) is 3.21. The van der Waals surface area contributed by atoms with Gasteiger partial charge in [0.05, 0.1) is 36.3 Å². The minimum atomic E-state index is -3.49. The van der Waals surface area contributed by atoms with Crippen LogP contribution >= 0.6 is 0 Å². The van der Waals surface area contributed by atoms with E-state index in [1.54, 1.807) is 40.8 Å². The van der Waals surface area contributed by atoms with Crippen LogP contribution in [0.4, 0.5) is 0 Å². The van der Waals surface area contributed by atoms with Crippen molar-refractivity contribution in [2.45, 2.75) is 109 Å². The van der Waals surface area contributed by atoms with E-state index in [0.717, 1.165) is 19.1 Å². The Balaban J connectivity index is 1.98. The molecule has 11 nitrogen and oxygen atoms in total. The first-order chi connectivity index (χ1) is 19.3. The first-order valence-corrected chi connectivity index (χ1v) is 16.6. The second kappa shape index (κ2) is 12.9. The number of aliphatic hydroxyl groups is 3. The van der Waals surface area contributed by atoms with Crippen molar-refractivity contribution >= 4 is 27.7 Å². The zero-order chi connectivity index (χ0) is 31.8. The molecule has 2 aliphatic heterocycles. The lowest BCUT2D eigenvalue weighted by Crippen LogP contribution is -2.45. The van der Waals surface area contributed by atoms with E-state index >= 15 is 0 Å². The quantitative estimate of drug-likeness (QED) is 0.333. The summed E-state index contributed by atoms with van der Waals surface area (Å²) in [6, 6.07) is 1.46. The van der Waals surface area contributed by atoms with Gasteiger partial charge in [-0.3, -0.25) is 19.2 Å². The summed E-state index contributed by atoms with van der Waals surface area (Å²) in [6.07, 6.45) is 2.17. The summed E-state index contributed by atoms with van der Waals surface area (Å²) >= 11 is 0. The fraction of sp³-hybridized carbons (Fsp3) is 0.767. The third-order valence-electron chi connectivity index (χ3n) is 9.53. The highest BCUT2D eigenvalue weighted by molar-refractivity contribution is 7.90. The van der Waals surface area contributed by atoms with Crippen LogP contribution in [0.15, 0.2) is 16.7 Å². The normalized spacial score (nSPS) is 35.4. The van der Waals surface area contributed by atoms with E-state index in [1.165, 1.54) is 10.7 Å². The molecule has 1 aromatic heterocycles. The summed E-state index contributed by atoms with van der Waals surface area (Å²) in [5.41, 5.74) is -0.500. The Labute approximate surface area is 249 Å². The third kappa shape index (κ3) is 7.32. The number of sulfone groups is 1. The Bertz CT molecular complexity index is 1290. The van der Waals surface area contributed by atoms with E-state index in [2.05, 4.69) is 16.9 Å². The Morgan fingerprint density at radius 1 is 1.21 bits per heavy atom. The molecule has 0 aromatic carbocycles. The Kier molecular flexibility index (Phi) is 10.5. The van der Waals surface area contributed by atoms with Crippen molar-refractivity contribution in [1.82, 2.24) is 14.7 Å². The minimum absolute atomic E-state index is 0.00360. The predicted octanol–water partition coefficient (Wildman–Crippen LogP) is 2.13. The van der Waals surface area contributed by atoms with Crippen molar-refractivity contribution in [2.24, 2.45) is 24.3 Å². The highest BCUT2D eigenvalue weighted by Crippen LogP contribution is 2.48. The van der Waals surface area contributed by atoms with Gasteiger partial charge in [-0.25, -0.2) is 8.42 Å². The highest BCUT2D eigenvalue weighted by Gasteiger charge is 2.58. The van der Waals surface area contributed by atoms with Gasteiger partial charge in [0.15, 0.2) is 14.9 Å². The largest absolute Gasteiger partial charge is 0.458 e. The van der Waals surface area contributed by atoms with Gasteiger partial charge in [-0.15, -0.1) is 0 Å². The van der Waals surface area contributed by atoms with Gasteiger partial charge in [-0.05, 0) is 44.3 Å². The molecule has 0 radical (unpaired) electrons. The maximum atomic E-state index is 13.4. The fourth-order valence-corrected chi connectivity index (χ4v) is 7.36. The molecule has 0 spiro atoms. The Hall–Kier alpha value is -2.12. The summed E-state index contributed by atoms with van der Waals surface area (Å²) < 4.78 is 31.5. The summed E-state index contributed by atoms with van der Waals surface area (Å²) in [7, 11) is -1.95. The molecule has 2 saturated heterocycles.